The number of morpholine rings is 1. The molecule has 0 bridgehead atoms. The molecule has 7 nitrogen and oxygen atoms in total. The molecule has 1 aromatic rings. The molecule has 0 spiro atoms. The summed E-state index contributed by atoms with van der Waals surface area (Å²) >= 11 is 0. The van der Waals surface area contributed by atoms with Gasteiger partial charge in [0, 0.05) is 37.9 Å². The Bertz CT molecular complexity index is 611. The molecule has 1 saturated heterocycles. The standard InChI is InChI=1S/C22H37N5O2/c1-2-23-22(25-12-15-29-20-9-5-3-4-6-10-20)26-18-19-8-7-11-24-21(19)27-13-16-28-17-14-27/h7-8,11,20H,2-6,9-10,12-18H2,1H3,(H2,23,25,26). The molecular formula is C22H37N5O2. The lowest BCUT2D eigenvalue weighted by Gasteiger charge is -2.29. The quantitative estimate of drug-likeness (QED) is 0.301. The highest BCUT2D eigenvalue weighted by molar-refractivity contribution is 5.79. The fourth-order valence-corrected chi connectivity index (χ4v) is 3.92. The summed E-state index contributed by atoms with van der Waals surface area (Å²) < 4.78 is 11.5. The minimum absolute atomic E-state index is 0.435. The van der Waals surface area contributed by atoms with Gasteiger partial charge in [0.1, 0.15) is 5.82 Å². The van der Waals surface area contributed by atoms with Crippen LogP contribution in [0, 0.1) is 0 Å². The number of rotatable bonds is 8. The van der Waals surface area contributed by atoms with Crippen LogP contribution < -0.4 is 15.5 Å². The molecule has 1 aliphatic heterocycles. The molecule has 2 heterocycles. The number of hydrogen-bond donors (Lipinski definition) is 2. The molecule has 0 radical (unpaired) electrons. The first-order valence-corrected chi connectivity index (χ1v) is 11.3. The second-order valence-corrected chi connectivity index (χ2v) is 7.69. The molecule has 29 heavy (non-hydrogen) atoms. The zero-order chi connectivity index (χ0) is 20.2. The Morgan fingerprint density at radius 1 is 1.21 bits per heavy atom. The van der Waals surface area contributed by atoms with E-state index in [4.69, 9.17) is 14.5 Å². The van der Waals surface area contributed by atoms with Crippen molar-refractivity contribution in [2.24, 2.45) is 4.99 Å². The van der Waals surface area contributed by atoms with Gasteiger partial charge in [0.05, 0.1) is 32.5 Å². The van der Waals surface area contributed by atoms with Gasteiger partial charge < -0.3 is 25.0 Å². The van der Waals surface area contributed by atoms with Crippen LogP contribution in [0.15, 0.2) is 23.3 Å². The van der Waals surface area contributed by atoms with Crippen LogP contribution >= 0.6 is 0 Å². The highest BCUT2D eigenvalue weighted by Crippen LogP contribution is 2.20. The third kappa shape index (κ3) is 7.48. The van der Waals surface area contributed by atoms with Crippen molar-refractivity contribution < 1.29 is 9.47 Å². The number of aliphatic imine (C=N–C) groups is 1. The van der Waals surface area contributed by atoms with Crippen LogP contribution in [0.25, 0.3) is 0 Å². The van der Waals surface area contributed by atoms with Gasteiger partial charge in [-0.2, -0.15) is 0 Å². The van der Waals surface area contributed by atoms with Crippen LogP contribution in [0.5, 0.6) is 0 Å². The van der Waals surface area contributed by atoms with E-state index in [0.717, 1.165) is 63.3 Å². The molecule has 2 fully saturated rings. The molecule has 0 amide bonds. The van der Waals surface area contributed by atoms with E-state index in [-0.39, 0.29) is 0 Å². The maximum absolute atomic E-state index is 6.08. The number of nitrogens with zero attached hydrogens (tertiary/aromatic N) is 3. The van der Waals surface area contributed by atoms with Crippen LogP contribution in [0.2, 0.25) is 0 Å². The molecule has 0 atom stereocenters. The lowest BCUT2D eigenvalue weighted by molar-refractivity contribution is 0.0468. The number of anilines is 1. The van der Waals surface area contributed by atoms with E-state index in [9.17, 15) is 0 Å². The average Bonchev–Trinajstić information content (AvgIpc) is 3.04. The molecule has 2 aliphatic rings. The fourth-order valence-electron chi connectivity index (χ4n) is 3.92. The monoisotopic (exact) mass is 403 g/mol. The van der Waals surface area contributed by atoms with Gasteiger partial charge in [-0.3, -0.25) is 0 Å². The van der Waals surface area contributed by atoms with Gasteiger partial charge in [0.25, 0.3) is 0 Å². The van der Waals surface area contributed by atoms with Crippen molar-refractivity contribution in [2.45, 2.75) is 58.1 Å². The highest BCUT2D eigenvalue weighted by atomic mass is 16.5. The van der Waals surface area contributed by atoms with E-state index >= 15 is 0 Å². The molecule has 1 aromatic heterocycles. The summed E-state index contributed by atoms with van der Waals surface area (Å²) in [5, 5.41) is 6.73. The first-order chi connectivity index (χ1) is 14.4. The molecule has 0 aromatic carbocycles. The van der Waals surface area contributed by atoms with E-state index in [2.05, 4.69) is 33.5 Å². The molecule has 1 saturated carbocycles. The van der Waals surface area contributed by atoms with Gasteiger partial charge in [0.15, 0.2) is 5.96 Å². The van der Waals surface area contributed by atoms with Crippen LogP contribution in [-0.2, 0) is 16.0 Å². The molecule has 162 valence electrons. The second kappa shape index (κ2) is 12.6. The Balaban J connectivity index is 1.50. The van der Waals surface area contributed by atoms with Gasteiger partial charge in [-0.15, -0.1) is 0 Å². The summed E-state index contributed by atoms with van der Waals surface area (Å²) in [6.45, 7) is 8.28. The first-order valence-electron chi connectivity index (χ1n) is 11.3. The van der Waals surface area contributed by atoms with Crippen molar-refractivity contribution in [3.05, 3.63) is 23.9 Å². The maximum Gasteiger partial charge on any atom is 0.191 e. The van der Waals surface area contributed by atoms with Crippen LogP contribution in [0.1, 0.15) is 51.0 Å². The number of guanidine groups is 1. The smallest absolute Gasteiger partial charge is 0.191 e. The number of aromatic nitrogens is 1. The number of nitrogens with one attached hydrogen (secondary N) is 2. The predicted molar refractivity (Wildman–Crippen MR) is 118 cm³/mol. The summed E-state index contributed by atoms with van der Waals surface area (Å²) in [7, 11) is 0. The Labute approximate surface area is 175 Å². The summed E-state index contributed by atoms with van der Waals surface area (Å²) in [6.07, 6.45) is 10.0. The van der Waals surface area contributed by atoms with E-state index < -0.39 is 0 Å². The largest absolute Gasteiger partial charge is 0.378 e. The van der Waals surface area contributed by atoms with Gasteiger partial charge in [-0.1, -0.05) is 31.7 Å². The Morgan fingerprint density at radius 3 is 2.76 bits per heavy atom. The lowest BCUT2D eigenvalue weighted by Crippen LogP contribution is -2.39. The van der Waals surface area contributed by atoms with Crippen molar-refractivity contribution in [3.63, 3.8) is 0 Å². The van der Waals surface area contributed by atoms with E-state index in [0.29, 0.717) is 12.6 Å². The third-order valence-electron chi connectivity index (χ3n) is 5.48. The third-order valence-corrected chi connectivity index (χ3v) is 5.48. The summed E-state index contributed by atoms with van der Waals surface area (Å²) in [4.78, 5) is 11.7. The van der Waals surface area contributed by atoms with E-state index in [1.165, 1.54) is 38.5 Å². The summed E-state index contributed by atoms with van der Waals surface area (Å²) in [5.41, 5.74) is 1.14. The van der Waals surface area contributed by atoms with E-state index in [1.54, 1.807) is 0 Å². The van der Waals surface area contributed by atoms with Crippen LogP contribution in [-0.4, -0.2) is 63.0 Å². The minimum atomic E-state index is 0.435. The molecule has 3 rings (SSSR count). The normalized spacial score (nSPS) is 19.1. The first kappa shape index (κ1) is 21.8. The number of hydrogen-bond acceptors (Lipinski definition) is 5. The zero-order valence-electron chi connectivity index (χ0n) is 17.9. The van der Waals surface area contributed by atoms with E-state index in [1.807, 2.05) is 12.3 Å². The molecule has 7 heteroatoms. The molecule has 1 aliphatic carbocycles. The fraction of sp³-hybridized carbons (Fsp3) is 0.727. The predicted octanol–water partition coefficient (Wildman–Crippen LogP) is 2.71. The van der Waals surface area contributed by atoms with Crippen LogP contribution in [0.4, 0.5) is 5.82 Å². The Hall–Kier alpha value is -1.86. The topological polar surface area (TPSA) is 71.0 Å². The Morgan fingerprint density at radius 2 is 2.00 bits per heavy atom. The van der Waals surface area contributed by atoms with Gasteiger partial charge in [-0.25, -0.2) is 9.98 Å². The van der Waals surface area contributed by atoms with Crippen molar-refractivity contribution >= 4 is 11.8 Å². The zero-order valence-corrected chi connectivity index (χ0v) is 17.9. The summed E-state index contributed by atoms with van der Waals surface area (Å²) in [5.74, 6) is 1.85. The number of pyridine rings is 1. The van der Waals surface area contributed by atoms with Crippen molar-refractivity contribution in [1.82, 2.24) is 15.6 Å². The maximum atomic E-state index is 6.08. The SMILES string of the molecule is CCNC(=NCc1cccnc1N1CCOCC1)NCCOC1CCCCCC1. The minimum Gasteiger partial charge on any atom is -0.378 e. The summed E-state index contributed by atoms with van der Waals surface area (Å²) in [6, 6.07) is 4.09. The van der Waals surface area contributed by atoms with Crippen molar-refractivity contribution in [2.75, 3.05) is 50.9 Å². The molecule has 2 N–H and O–H groups in total. The number of ether oxygens (including phenoxy) is 2. The van der Waals surface area contributed by atoms with Gasteiger partial charge >= 0.3 is 0 Å². The average molecular weight is 404 g/mol. The van der Waals surface area contributed by atoms with Crippen molar-refractivity contribution in [3.8, 4) is 0 Å². The second-order valence-electron chi connectivity index (χ2n) is 7.69. The molecular weight excluding hydrogens is 366 g/mol. The van der Waals surface area contributed by atoms with Gasteiger partial charge in [0.2, 0.25) is 0 Å². The lowest BCUT2D eigenvalue weighted by atomic mass is 10.1. The van der Waals surface area contributed by atoms with Gasteiger partial charge in [-0.05, 0) is 25.8 Å². The van der Waals surface area contributed by atoms with Crippen LogP contribution in [0.3, 0.4) is 0 Å². The molecule has 0 unspecified atom stereocenters. The Kier molecular flexibility index (Phi) is 9.53. The highest BCUT2D eigenvalue weighted by Gasteiger charge is 2.16. The van der Waals surface area contributed by atoms with Crippen molar-refractivity contribution in [1.29, 1.82) is 0 Å².